The highest BCUT2D eigenvalue weighted by Crippen LogP contribution is 2.31. The first kappa shape index (κ1) is 12.5. The van der Waals surface area contributed by atoms with Gasteiger partial charge < -0.3 is 5.11 Å². The van der Waals surface area contributed by atoms with E-state index in [0.29, 0.717) is 5.56 Å². The van der Waals surface area contributed by atoms with Crippen LogP contribution in [0, 0.1) is 5.92 Å². The van der Waals surface area contributed by atoms with E-state index in [9.17, 15) is 4.79 Å². The Balaban J connectivity index is 1.96. The van der Waals surface area contributed by atoms with Crippen LogP contribution in [0.15, 0.2) is 29.2 Å². The molecule has 1 aliphatic carbocycles. The molecular weight excluding hydrogens is 232 g/mol. The fourth-order valence-electron chi connectivity index (χ4n) is 2.33. The predicted octanol–water partition coefficient (Wildman–Crippen LogP) is 4.06. The van der Waals surface area contributed by atoms with Crippen LogP contribution in [-0.4, -0.2) is 16.8 Å². The van der Waals surface area contributed by atoms with Crippen LogP contribution in [0.1, 0.15) is 42.5 Å². The van der Waals surface area contributed by atoms with E-state index in [1.165, 1.54) is 32.1 Å². The molecule has 1 fully saturated rings. The molecular formula is C14H18O2S. The quantitative estimate of drug-likeness (QED) is 0.819. The van der Waals surface area contributed by atoms with Crippen LogP contribution in [0.5, 0.6) is 0 Å². The van der Waals surface area contributed by atoms with Crippen LogP contribution < -0.4 is 0 Å². The standard InChI is InChI=1S/C14H18O2S/c15-14(16)12-8-4-5-9-13(12)17-10-11-6-2-1-3-7-11/h4-5,8-9,11H,1-3,6-7,10H2,(H,15,16). The van der Waals surface area contributed by atoms with Gasteiger partial charge in [-0.15, -0.1) is 11.8 Å². The van der Waals surface area contributed by atoms with Gasteiger partial charge in [0.2, 0.25) is 0 Å². The third-order valence-electron chi connectivity index (χ3n) is 3.32. The second kappa shape index (κ2) is 6.10. The Kier molecular flexibility index (Phi) is 4.49. The molecule has 3 heteroatoms. The molecule has 1 aromatic rings. The van der Waals surface area contributed by atoms with Gasteiger partial charge in [0.05, 0.1) is 5.56 Å². The van der Waals surface area contributed by atoms with Gasteiger partial charge in [-0.1, -0.05) is 31.4 Å². The maximum Gasteiger partial charge on any atom is 0.336 e. The van der Waals surface area contributed by atoms with E-state index < -0.39 is 5.97 Å². The molecule has 0 heterocycles. The van der Waals surface area contributed by atoms with Crippen molar-refractivity contribution in [1.29, 1.82) is 0 Å². The molecule has 2 rings (SSSR count). The molecule has 0 aromatic heterocycles. The summed E-state index contributed by atoms with van der Waals surface area (Å²) in [6, 6.07) is 7.30. The first-order valence-corrected chi connectivity index (χ1v) is 7.21. The Labute approximate surface area is 106 Å². The van der Waals surface area contributed by atoms with Gasteiger partial charge in [0.25, 0.3) is 0 Å². The summed E-state index contributed by atoms with van der Waals surface area (Å²) < 4.78 is 0. The minimum Gasteiger partial charge on any atom is -0.478 e. The van der Waals surface area contributed by atoms with E-state index in [0.717, 1.165) is 16.6 Å². The molecule has 0 unspecified atom stereocenters. The maximum absolute atomic E-state index is 11.1. The van der Waals surface area contributed by atoms with Gasteiger partial charge in [0.15, 0.2) is 0 Å². The molecule has 2 nitrogen and oxygen atoms in total. The fourth-order valence-corrected chi connectivity index (χ4v) is 3.56. The van der Waals surface area contributed by atoms with Gasteiger partial charge in [-0.25, -0.2) is 4.79 Å². The number of carbonyl (C=O) groups is 1. The van der Waals surface area contributed by atoms with Crippen molar-refractivity contribution in [2.24, 2.45) is 5.92 Å². The van der Waals surface area contributed by atoms with Crippen molar-refractivity contribution in [3.63, 3.8) is 0 Å². The summed E-state index contributed by atoms with van der Waals surface area (Å²) in [5, 5.41) is 9.09. The zero-order chi connectivity index (χ0) is 12.1. The molecule has 0 bridgehead atoms. The number of aromatic carboxylic acids is 1. The fraction of sp³-hybridized carbons (Fsp3) is 0.500. The van der Waals surface area contributed by atoms with Gasteiger partial charge in [-0.05, 0) is 30.9 Å². The van der Waals surface area contributed by atoms with Crippen molar-refractivity contribution in [2.45, 2.75) is 37.0 Å². The largest absolute Gasteiger partial charge is 0.478 e. The summed E-state index contributed by atoms with van der Waals surface area (Å²) in [7, 11) is 0. The highest BCUT2D eigenvalue weighted by molar-refractivity contribution is 7.99. The number of carboxylic acids is 1. The van der Waals surface area contributed by atoms with Crippen molar-refractivity contribution in [1.82, 2.24) is 0 Å². The summed E-state index contributed by atoms with van der Waals surface area (Å²) in [5.74, 6) is 1.01. The van der Waals surface area contributed by atoms with E-state index in [-0.39, 0.29) is 0 Å². The molecule has 0 aliphatic heterocycles. The SMILES string of the molecule is O=C(O)c1ccccc1SCC1CCCCC1. The summed E-state index contributed by atoms with van der Waals surface area (Å²) in [4.78, 5) is 12.0. The highest BCUT2D eigenvalue weighted by atomic mass is 32.2. The monoisotopic (exact) mass is 250 g/mol. The summed E-state index contributed by atoms with van der Waals surface area (Å²) >= 11 is 1.70. The highest BCUT2D eigenvalue weighted by Gasteiger charge is 2.15. The second-order valence-corrected chi connectivity index (χ2v) is 5.68. The molecule has 0 amide bonds. The van der Waals surface area contributed by atoms with Gasteiger partial charge in [0, 0.05) is 10.6 Å². The average Bonchev–Trinajstić information content (AvgIpc) is 2.38. The lowest BCUT2D eigenvalue weighted by atomic mass is 9.91. The van der Waals surface area contributed by atoms with Crippen molar-refractivity contribution in [2.75, 3.05) is 5.75 Å². The summed E-state index contributed by atoms with van der Waals surface area (Å²) in [6.07, 6.45) is 6.66. The molecule has 0 atom stereocenters. The molecule has 1 aromatic carbocycles. The molecule has 0 spiro atoms. The Morgan fingerprint density at radius 1 is 1.24 bits per heavy atom. The van der Waals surface area contributed by atoms with Crippen molar-refractivity contribution >= 4 is 17.7 Å². The van der Waals surface area contributed by atoms with Crippen LogP contribution in [0.25, 0.3) is 0 Å². The van der Waals surface area contributed by atoms with Gasteiger partial charge >= 0.3 is 5.97 Å². The topological polar surface area (TPSA) is 37.3 Å². The minimum absolute atomic E-state index is 0.438. The van der Waals surface area contributed by atoms with E-state index >= 15 is 0 Å². The molecule has 92 valence electrons. The molecule has 0 radical (unpaired) electrons. The van der Waals surface area contributed by atoms with Crippen LogP contribution >= 0.6 is 11.8 Å². The van der Waals surface area contributed by atoms with Crippen molar-refractivity contribution < 1.29 is 9.90 Å². The Hall–Kier alpha value is -0.960. The summed E-state index contributed by atoms with van der Waals surface area (Å²) in [6.45, 7) is 0. The van der Waals surface area contributed by atoms with Crippen LogP contribution in [0.4, 0.5) is 0 Å². The molecule has 1 aliphatic rings. The number of hydrogen-bond donors (Lipinski definition) is 1. The number of carboxylic acid groups (broad SMARTS) is 1. The van der Waals surface area contributed by atoms with Crippen molar-refractivity contribution in [3.05, 3.63) is 29.8 Å². The Morgan fingerprint density at radius 2 is 1.94 bits per heavy atom. The predicted molar refractivity (Wildman–Crippen MR) is 70.7 cm³/mol. The molecule has 0 saturated heterocycles. The van der Waals surface area contributed by atoms with E-state index in [1.807, 2.05) is 12.1 Å². The maximum atomic E-state index is 11.1. The third-order valence-corrected chi connectivity index (χ3v) is 4.62. The van der Waals surface area contributed by atoms with E-state index in [4.69, 9.17) is 5.11 Å². The Morgan fingerprint density at radius 3 is 2.65 bits per heavy atom. The number of hydrogen-bond acceptors (Lipinski definition) is 2. The normalized spacial score (nSPS) is 16.9. The van der Waals surface area contributed by atoms with E-state index in [2.05, 4.69) is 0 Å². The lowest BCUT2D eigenvalue weighted by Crippen LogP contribution is -2.09. The molecule has 1 saturated carbocycles. The number of benzene rings is 1. The Bertz CT molecular complexity index is 384. The molecule has 17 heavy (non-hydrogen) atoms. The lowest BCUT2D eigenvalue weighted by Gasteiger charge is -2.21. The third kappa shape index (κ3) is 3.50. The average molecular weight is 250 g/mol. The molecule has 1 N–H and O–H groups in total. The van der Waals surface area contributed by atoms with Crippen LogP contribution in [-0.2, 0) is 0 Å². The first-order valence-electron chi connectivity index (χ1n) is 6.22. The zero-order valence-electron chi connectivity index (χ0n) is 9.89. The van der Waals surface area contributed by atoms with Gasteiger partial charge in [-0.2, -0.15) is 0 Å². The second-order valence-electron chi connectivity index (χ2n) is 4.62. The number of rotatable bonds is 4. The van der Waals surface area contributed by atoms with E-state index in [1.54, 1.807) is 23.9 Å². The smallest absolute Gasteiger partial charge is 0.336 e. The van der Waals surface area contributed by atoms with Gasteiger partial charge in [0.1, 0.15) is 0 Å². The first-order chi connectivity index (χ1) is 8.27. The van der Waals surface area contributed by atoms with Gasteiger partial charge in [-0.3, -0.25) is 0 Å². The lowest BCUT2D eigenvalue weighted by molar-refractivity contribution is 0.0693. The van der Waals surface area contributed by atoms with Crippen LogP contribution in [0.3, 0.4) is 0 Å². The summed E-state index contributed by atoms with van der Waals surface area (Å²) in [5.41, 5.74) is 0.438. The zero-order valence-corrected chi connectivity index (χ0v) is 10.7. The van der Waals surface area contributed by atoms with Crippen molar-refractivity contribution in [3.8, 4) is 0 Å². The number of thioether (sulfide) groups is 1. The van der Waals surface area contributed by atoms with Crippen LogP contribution in [0.2, 0.25) is 0 Å². The minimum atomic E-state index is -0.822.